The lowest BCUT2D eigenvalue weighted by atomic mass is 10.0. The molecule has 0 radical (unpaired) electrons. The Balaban J connectivity index is 1.67. The highest BCUT2D eigenvalue weighted by Crippen LogP contribution is 2.42. The fraction of sp³-hybridized carbons (Fsp3) is 0.120. The van der Waals surface area contributed by atoms with Crippen molar-refractivity contribution in [2.24, 2.45) is 0 Å². The first kappa shape index (κ1) is 20.7. The smallest absolute Gasteiger partial charge is 0.174 e. The van der Waals surface area contributed by atoms with E-state index in [0.717, 1.165) is 33.3 Å². The molecular weight excluding hydrogens is 443 g/mol. The minimum atomic E-state index is -0.287. The molecule has 4 nitrogen and oxygen atoms in total. The summed E-state index contributed by atoms with van der Waals surface area (Å²) in [7, 11) is 0. The first-order chi connectivity index (χ1) is 15.5. The molecule has 160 valence electrons. The van der Waals surface area contributed by atoms with Gasteiger partial charge < -0.3 is 14.8 Å². The lowest BCUT2D eigenvalue weighted by Crippen LogP contribution is -2.30. The molecule has 1 aliphatic heterocycles. The molecule has 4 aromatic rings. The Kier molecular flexibility index (Phi) is 5.41. The Morgan fingerprint density at radius 1 is 1.00 bits per heavy atom. The van der Waals surface area contributed by atoms with Crippen LogP contribution in [0.15, 0.2) is 85.2 Å². The van der Waals surface area contributed by atoms with Crippen molar-refractivity contribution < 1.29 is 4.39 Å². The predicted molar refractivity (Wildman–Crippen MR) is 130 cm³/mol. The molecule has 2 atom stereocenters. The number of aromatic nitrogens is 2. The highest BCUT2D eigenvalue weighted by molar-refractivity contribution is 7.80. The zero-order valence-electron chi connectivity index (χ0n) is 17.2. The number of thiocarbonyl (C=S) groups is 1. The van der Waals surface area contributed by atoms with Crippen LogP contribution >= 0.6 is 23.8 Å². The maximum atomic E-state index is 13.6. The van der Waals surface area contributed by atoms with Crippen LogP contribution < -0.4 is 10.2 Å². The van der Waals surface area contributed by atoms with Crippen molar-refractivity contribution in [2.45, 2.75) is 19.0 Å². The third-order valence-electron chi connectivity index (χ3n) is 5.71. The van der Waals surface area contributed by atoms with E-state index in [4.69, 9.17) is 23.8 Å². The summed E-state index contributed by atoms with van der Waals surface area (Å²) in [5, 5.41) is 4.73. The number of aryl methyl sites for hydroxylation is 1. The molecule has 0 saturated carbocycles. The summed E-state index contributed by atoms with van der Waals surface area (Å²) in [5.74, 6) is -0.287. The number of anilines is 1. The van der Waals surface area contributed by atoms with Crippen LogP contribution in [0, 0.1) is 12.7 Å². The second-order valence-corrected chi connectivity index (χ2v) is 8.50. The summed E-state index contributed by atoms with van der Waals surface area (Å²) in [4.78, 5) is 6.62. The van der Waals surface area contributed by atoms with E-state index in [1.807, 2.05) is 54.4 Å². The maximum absolute atomic E-state index is 13.6. The van der Waals surface area contributed by atoms with Crippen LogP contribution in [-0.4, -0.2) is 14.7 Å². The van der Waals surface area contributed by atoms with Gasteiger partial charge in [0.1, 0.15) is 11.9 Å². The molecule has 0 amide bonds. The van der Waals surface area contributed by atoms with Crippen LogP contribution in [0.4, 0.5) is 10.1 Å². The normalized spacial score (nSPS) is 18.1. The number of hydrogen-bond donors (Lipinski definition) is 1. The quantitative estimate of drug-likeness (QED) is 0.369. The van der Waals surface area contributed by atoms with Gasteiger partial charge in [-0.1, -0.05) is 17.7 Å². The number of nitrogens with one attached hydrogen (secondary N) is 1. The zero-order chi connectivity index (χ0) is 22.2. The van der Waals surface area contributed by atoms with Crippen LogP contribution in [0.3, 0.4) is 0 Å². The topological polar surface area (TPSA) is 33.1 Å². The number of hydrogen-bond acceptors (Lipinski definition) is 2. The SMILES string of the molecule is Cc1cc(-n2cccc2[C@@H]2[C@H](c3ccccn3)NC(=S)N2c2ccc(F)cc2)ccc1Cl. The van der Waals surface area contributed by atoms with Gasteiger partial charge in [-0.05, 0) is 91.4 Å². The molecule has 2 aromatic heterocycles. The van der Waals surface area contributed by atoms with E-state index in [9.17, 15) is 4.39 Å². The second-order valence-electron chi connectivity index (χ2n) is 7.71. The van der Waals surface area contributed by atoms with Crippen molar-refractivity contribution in [3.8, 4) is 5.69 Å². The molecule has 0 spiro atoms. The summed E-state index contributed by atoms with van der Waals surface area (Å²) in [6.07, 6.45) is 3.80. The minimum absolute atomic E-state index is 0.184. The van der Waals surface area contributed by atoms with Gasteiger partial charge >= 0.3 is 0 Å². The van der Waals surface area contributed by atoms with E-state index in [0.29, 0.717) is 5.11 Å². The number of halogens is 2. The summed E-state index contributed by atoms with van der Waals surface area (Å²) >= 11 is 12.0. The van der Waals surface area contributed by atoms with Gasteiger partial charge in [0.05, 0.1) is 11.7 Å². The van der Waals surface area contributed by atoms with E-state index in [1.54, 1.807) is 18.3 Å². The fourth-order valence-electron chi connectivity index (χ4n) is 4.18. The molecule has 1 aliphatic rings. The zero-order valence-corrected chi connectivity index (χ0v) is 18.8. The molecule has 0 aliphatic carbocycles. The molecule has 32 heavy (non-hydrogen) atoms. The Bertz CT molecular complexity index is 1270. The van der Waals surface area contributed by atoms with E-state index < -0.39 is 0 Å². The predicted octanol–water partition coefficient (Wildman–Crippen LogP) is 6.15. The molecule has 1 N–H and O–H groups in total. The van der Waals surface area contributed by atoms with Gasteiger partial charge in [0, 0.05) is 34.5 Å². The number of nitrogens with zero attached hydrogens (tertiary/aromatic N) is 3. The highest BCUT2D eigenvalue weighted by Gasteiger charge is 2.42. The van der Waals surface area contributed by atoms with Crippen molar-refractivity contribution in [1.29, 1.82) is 0 Å². The van der Waals surface area contributed by atoms with E-state index >= 15 is 0 Å². The molecule has 2 aromatic carbocycles. The average molecular weight is 463 g/mol. The summed E-state index contributed by atoms with van der Waals surface area (Å²) in [5.41, 5.74) is 4.72. The molecule has 0 unspecified atom stereocenters. The van der Waals surface area contributed by atoms with Crippen molar-refractivity contribution in [1.82, 2.24) is 14.9 Å². The molecule has 5 rings (SSSR count). The third-order valence-corrected chi connectivity index (χ3v) is 6.44. The molecule has 7 heteroatoms. The summed E-state index contributed by atoms with van der Waals surface area (Å²) < 4.78 is 15.8. The third kappa shape index (κ3) is 3.66. The molecule has 0 bridgehead atoms. The van der Waals surface area contributed by atoms with Crippen LogP contribution in [0.25, 0.3) is 5.69 Å². The highest BCUT2D eigenvalue weighted by atomic mass is 35.5. The molecular formula is C25H20ClFN4S. The van der Waals surface area contributed by atoms with Gasteiger partial charge in [-0.15, -0.1) is 0 Å². The maximum Gasteiger partial charge on any atom is 0.174 e. The standard InChI is InChI=1S/C25H20ClFN4S/c1-16-15-19(11-12-20(16)26)30-14-4-6-22(30)24-23(21-5-2-3-13-28-21)29-25(32)31(24)18-9-7-17(27)8-10-18/h2-15,23-24H,1H3,(H,29,32)/t23-,24+/m0/s1. The van der Waals surface area contributed by atoms with E-state index in [1.165, 1.54) is 12.1 Å². The Hall–Kier alpha value is -3.22. The van der Waals surface area contributed by atoms with Crippen LogP contribution in [0.1, 0.15) is 29.0 Å². The van der Waals surface area contributed by atoms with Crippen LogP contribution in [0.2, 0.25) is 5.02 Å². The first-order valence-electron chi connectivity index (χ1n) is 10.2. The number of benzene rings is 2. The van der Waals surface area contributed by atoms with Gasteiger partial charge in [-0.3, -0.25) is 4.98 Å². The van der Waals surface area contributed by atoms with Crippen molar-refractivity contribution in [2.75, 3.05) is 4.90 Å². The summed E-state index contributed by atoms with van der Waals surface area (Å²) in [6, 6.07) is 21.9. The summed E-state index contributed by atoms with van der Waals surface area (Å²) in [6.45, 7) is 1.99. The second kappa shape index (κ2) is 8.37. The molecule has 1 saturated heterocycles. The van der Waals surface area contributed by atoms with Crippen molar-refractivity contribution in [3.63, 3.8) is 0 Å². The van der Waals surface area contributed by atoms with Crippen molar-refractivity contribution in [3.05, 3.63) is 113 Å². The minimum Gasteiger partial charge on any atom is -0.351 e. The largest absolute Gasteiger partial charge is 0.351 e. The molecule has 1 fully saturated rings. The fourth-order valence-corrected chi connectivity index (χ4v) is 4.65. The Morgan fingerprint density at radius 3 is 2.50 bits per heavy atom. The Labute approximate surface area is 196 Å². The van der Waals surface area contributed by atoms with Crippen molar-refractivity contribution >= 4 is 34.6 Å². The van der Waals surface area contributed by atoms with Gasteiger partial charge in [-0.25, -0.2) is 4.39 Å². The van der Waals surface area contributed by atoms with Crippen LogP contribution in [0.5, 0.6) is 0 Å². The van der Waals surface area contributed by atoms with Gasteiger partial charge in [0.15, 0.2) is 5.11 Å². The number of pyridine rings is 1. The monoisotopic (exact) mass is 462 g/mol. The van der Waals surface area contributed by atoms with E-state index in [2.05, 4.69) is 27.0 Å². The van der Waals surface area contributed by atoms with Gasteiger partial charge in [0.2, 0.25) is 0 Å². The van der Waals surface area contributed by atoms with Crippen LogP contribution in [-0.2, 0) is 0 Å². The number of rotatable bonds is 4. The Morgan fingerprint density at radius 2 is 1.78 bits per heavy atom. The average Bonchev–Trinajstić information content (AvgIpc) is 3.41. The lowest BCUT2D eigenvalue weighted by molar-refractivity contribution is 0.549. The molecule has 3 heterocycles. The van der Waals surface area contributed by atoms with Gasteiger partial charge in [-0.2, -0.15) is 0 Å². The van der Waals surface area contributed by atoms with Gasteiger partial charge in [0.25, 0.3) is 0 Å². The first-order valence-corrected chi connectivity index (χ1v) is 11.0. The lowest BCUT2D eigenvalue weighted by Gasteiger charge is -2.29. The van der Waals surface area contributed by atoms with E-state index in [-0.39, 0.29) is 17.9 Å².